The molecule has 5 rings (SSSR count). The van der Waals surface area contributed by atoms with Crippen molar-refractivity contribution in [3.8, 4) is 0 Å². The maximum Gasteiger partial charge on any atom is 0.128 e. The average molecular weight is 513 g/mol. The first kappa shape index (κ1) is 28.8. The van der Waals surface area contributed by atoms with Gasteiger partial charge in [0.25, 0.3) is 0 Å². The summed E-state index contributed by atoms with van der Waals surface area (Å²) in [4.78, 5) is 7.01. The molecule has 2 aliphatic heterocycles. The van der Waals surface area contributed by atoms with Crippen LogP contribution in [0.5, 0.6) is 0 Å². The number of fused-ring (bicyclic) bond motifs is 1. The van der Waals surface area contributed by atoms with Crippen LogP contribution in [-0.2, 0) is 6.42 Å². The van der Waals surface area contributed by atoms with Gasteiger partial charge in [-0.05, 0) is 74.8 Å². The fourth-order valence-corrected chi connectivity index (χ4v) is 4.36. The second-order valence-electron chi connectivity index (χ2n) is 9.22. The minimum atomic E-state index is 0.0643. The second-order valence-corrected chi connectivity index (χ2v) is 9.22. The highest BCUT2D eigenvalue weighted by Crippen LogP contribution is 2.36. The maximum absolute atomic E-state index is 4.70. The average Bonchev–Trinajstić information content (AvgIpc) is 2.93. The SMILES string of the molecule is C=C(CCc1ccccc1)Nc1ccc2c(c1)NC(c1ccc(N3CCC3)nc1)C=C2NC.CC.CNC. The number of aryl methyl sites for hydroxylation is 1. The maximum atomic E-state index is 4.70. The van der Waals surface area contributed by atoms with Crippen LogP contribution in [-0.4, -0.2) is 39.2 Å². The molecule has 2 aliphatic rings. The van der Waals surface area contributed by atoms with Crippen molar-refractivity contribution in [1.82, 2.24) is 15.6 Å². The van der Waals surface area contributed by atoms with Gasteiger partial charge in [-0.25, -0.2) is 4.98 Å². The third-order valence-corrected chi connectivity index (χ3v) is 6.41. The lowest BCUT2D eigenvalue weighted by atomic mass is 9.97. The Morgan fingerprint density at radius 1 is 1.03 bits per heavy atom. The molecule has 0 spiro atoms. The number of aromatic nitrogens is 1. The molecular formula is C32H44N6. The molecule has 38 heavy (non-hydrogen) atoms. The molecule has 3 aromatic rings. The molecule has 1 atom stereocenters. The predicted octanol–water partition coefficient (Wildman–Crippen LogP) is 6.44. The van der Waals surface area contributed by atoms with E-state index in [4.69, 9.17) is 4.98 Å². The zero-order valence-electron chi connectivity index (χ0n) is 23.6. The van der Waals surface area contributed by atoms with Gasteiger partial charge in [-0.1, -0.05) is 56.8 Å². The van der Waals surface area contributed by atoms with Crippen molar-refractivity contribution < 1.29 is 0 Å². The second kappa shape index (κ2) is 14.8. The van der Waals surface area contributed by atoms with Crippen LogP contribution in [0.3, 0.4) is 0 Å². The van der Waals surface area contributed by atoms with Gasteiger partial charge in [0.1, 0.15) is 5.82 Å². The predicted molar refractivity (Wildman–Crippen MR) is 165 cm³/mol. The van der Waals surface area contributed by atoms with Crippen LogP contribution >= 0.6 is 0 Å². The Bertz CT molecular complexity index is 1170. The third-order valence-electron chi connectivity index (χ3n) is 6.41. The number of allylic oxidation sites excluding steroid dienone is 1. The van der Waals surface area contributed by atoms with Gasteiger partial charge in [0.15, 0.2) is 0 Å². The van der Waals surface area contributed by atoms with Crippen LogP contribution in [0.25, 0.3) is 5.70 Å². The molecule has 0 amide bonds. The van der Waals surface area contributed by atoms with E-state index in [1.165, 1.54) is 17.5 Å². The van der Waals surface area contributed by atoms with Crippen LogP contribution in [0.2, 0.25) is 0 Å². The molecule has 1 fully saturated rings. The highest BCUT2D eigenvalue weighted by Gasteiger charge is 2.21. The summed E-state index contributed by atoms with van der Waals surface area (Å²) < 4.78 is 0. The Labute approximate surface area is 229 Å². The fraction of sp³-hybridized carbons (Fsp3) is 0.344. The first-order valence-corrected chi connectivity index (χ1v) is 13.7. The van der Waals surface area contributed by atoms with Crippen molar-refractivity contribution in [3.05, 3.63) is 102 Å². The van der Waals surface area contributed by atoms with Gasteiger partial charge in [0.2, 0.25) is 0 Å². The van der Waals surface area contributed by atoms with Gasteiger partial charge in [0.05, 0.1) is 6.04 Å². The molecule has 4 N–H and O–H groups in total. The normalized spacial score (nSPS) is 15.1. The Balaban J connectivity index is 0.000000748. The van der Waals surface area contributed by atoms with Gasteiger partial charge < -0.3 is 26.2 Å². The van der Waals surface area contributed by atoms with Crippen molar-refractivity contribution in [3.63, 3.8) is 0 Å². The summed E-state index contributed by atoms with van der Waals surface area (Å²) in [6.07, 6.45) is 7.36. The first-order chi connectivity index (χ1) is 18.6. The van der Waals surface area contributed by atoms with E-state index in [2.05, 4.69) is 99.5 Å². The van der Waals surface area contributed by atoms with E-state index in [1.54, 1.807) is 0 Å². The summed E-state index contributed by atoms with van der Waals surface area (Å²) in [6.45, 7) is 10.5. The van der Waals surface area contributed by atoms with E-state index in [1.807, 2.05) is 41.2 Å². The number of hydrogen-bond acceptors (Lipinski definition) is 6. The molecule has 1 aromatic heterocycles. The molecule has 0 bridgehead atoms. The van der Waals surface area contributed by atoms with Crippen LogP contribution < -0.4 is 26.2 Å². The molecule has 1 unspecified atom stereocenters. The lowest BCUT2D eigenvalue weighted by Gasteiger charge is -2.32. The summed E-state index contributed by atoms with van der Waals surface area (Å²) in [5.41, 5.74) is 7.92. The summed E-state index contributed by atoms with van der Waals surface area (Å²) in [5.74, 6) is 1.07. The molecule has 2 aromatic carbocycles. The number of hydrogen-bond donors (Lipinski definition) is 4. The summed E-state index contributed by atoms with van der Waals surface area (Å²) in [7, 11) is 5.72. The molecule has 0 aliphatic carbocycles. The largest absolute Gasteiger partial charge is 0.388 e. The van der Waals surface area contributed by atoms with Crippen LogP contribution in [0.1, 0.15) is 49.4 Å². The van der Waals surface area contributed by atoms with Gasteiger partial charge in [-0.3, -0.25) is 0 Å². The number of nitrogens with zero attached hydrogens (tertiary/aromatic N) is 2. The van der Waals surface area contributed by atoms with E-state index in [-0.39, 0.29) is 6.04 Å². The number of rotatable bonds is 8. The van der Waals surface area contributed by atoms with Crippen molar-refractivity contribution in [2.24, 2.45) is 0 Å². The lowest BCUT2D eigenvalue weighted by molar-refractivity contribution is 0.609. The van der Waals surface area contributed by atoms with Gasteiger partial charge in [-0.15, -0.1) is 0 Å². The van der Waals surface area contributed by atoms with Crippen molar-refractivity contribution in [2.45, 2.75) is 39.2 Å². The number of pyridine rings is 1. The molecular weight excluding hydrogens is 468 g/mol. The van der Waals surface area contributed by atoms with Crippen molar-refractivity contribution in [1.29, 1.82) is 0 Å². The topological polar surface area (TPSA) is 64.2 Å². The Kier molecular flexibility index (Phi) is 11.2. The van der Waals surface area contributed by atoms with Gasteiger partial charge in [-0.2, -0.15) is 0 Å². The Hall–Kier alpha value is -3.77. The van der Waals surface area contributed by atoms with E-state index < -0.39 is 0 Å². The lowest BCUT2D eigenvalue weighted by Crippen LogP contribution is -2.37. The molecule has 6 heteroatoms. The first-order valence-electron chi connectivity index (χ1n) is 13.7. The van der Waals surface area contributed by atoms with E-state index in [0.717, 1.165) is 60.1 Å². The highest BCUT2D eigenvalue weighted by molar-refractivity contribution is 5.82. The summed E-state index contributed by atoms with van der Waals surface area (Å²) in [5, 5.41) is 13.3. The fourth-order valence-electron chi connectivity index (χ4n) is 4.36. The minimum Gasteiger partial charge on any atom is -0.388 e. The minimum absolute atomic E-state index is 0.0643. The van der Waals surface area contributed by atoms with E-state index in [9.17, 15) is 0 Å². The molecule has 0 saturated carbocycles. The molecule has 3 heterocycles. The quantitative estimate of drug-likeness (QED) is 0.279. The number of benzene rings is 2. The summed E-state index contributed by atoms with van der Waals surface area (Å²) >= 11 is 0. The zero-order valence-corrected chi connectivity index (χ0v) is 23.6. The van der Waals surface area contributed by atoms with Crippen LogP contribution in [0.4, 0.5) is 17.2 Å². The van der Waals surface area contributed by atoms with Crippen molar-refractivity contribution in [2.75, 3.05) is 49.8 Å². The molecule has 0 radical (unpaired) electrons. The molecule has 202 valence electrons. The monoisotopic (exact) mass is 512 g/mol. The Morgan fingerprint density at radius 3 is 2.37 bits per heavy atom. The van der Waals surface area contributed by atoms with Gasteiger partial charge >= 0.3 is 0 Å². The standard InChI is InChI=1S/C28H31N5.C2H7N.C2H6/c1-20(9-10-21-7-4-3-5-8-21)31-23-12-13-24-26(29-2)18-25(32-27(24)17-23)22-11-14-28(30-19-22)33-15-6-16-33;1-3-2;1-2/h3-5,7-8,11-14,17-19,25,29,31-32H,1,6,9-10,15-16H2,2H3;3H,1-2H3;1-2H3. The number of anilines is 3. The molecule has 6 nitrogen and oxygen atoms in total. The van der Waals surface area contributed by atoms with Gasteiger partial charge in [0, 0.05) is 54.7 Å². The zero-order chi connectivity index (χ0) is 27.3. The smallest absolute Gasteiger partial charge is 0.128 e. The highest BCUT2D eigenvalue weighted by atomic mass is 15.2. The Morgan fingerprint density at radius 2 is 1.76 bits per heavy atom. The molecule has 1 saturated heterocycles. The van der Waals surface area contributed by atoms with Crippen LogP contribution in [0.15, 0.2) is 85.2 Å². The summed E-state index contributed by atoms with van der Waals surface area (Å²) in [6, 6.07) is 21.3. The van der Waals surface area contributed by atoms with Crippen molar-refractivity contribution >= 4 is 22.9 Å². The number of nitrogens with one attached hydrogen (secondary N) is 4. The van der Waals surface area contributed by atoms with E-state index in [0.29, 0.717) is 0 Å². The van der Waals surface area contributed by atoms with E-state index >= 15 is 0 Å². The van der Waals surface area contributed by atoms with Crippen LogP contribution in [0, 0.1) is 0 Å². The third kappa shape index (κ3) is 7.62.